The second-order valence-corrected chi connectivity index (χ2v) is 6.49. The van der Waals surface area contributed by atoms with Gasteiger partial charge in [-0.3, -0.25) is 9.59 Å². The smallest absolute Gasteiger partial charge is 0.313 e. The van der Waals surface area contributed by atoms with Crippen molar-refractivity contribution < 1.29 is 14.7 Å². The monoisotopic (exact) mass is 332 g/mol. The molecule has 1 aliphatic carbocycles. The summed E-state index contributed by atoms with van der Waals surface area (Å²) in [5, 5.41) is 14.7. The van der Waals surface area contributed by atoms with E-state index in [4.69, 9.17) is 0 Å². The van der Waals surface area contributed by atoms with Gasteiger partial charge in [0.2, 0.25) is 0 Å². The highest BCUT2D eigenvalue weighted by molar-refractivity contribution is 6.39. The van der Waals surface area contributed by atoms with Crippen LogP contribution < -0.4 is 10.6 Å². The average molecular weight is 332 g/mol. The molecule has 1 saturated carbocycles. The van der Waals surface area contributed by atoms with Gasteiger partial charge in [0.15, 0.2) is 0 Å². The second kappa shape index (κ2) is 9.42. The van der Waals surface area contributed by atoms with Crippen LogP contribution in [-0.4, -0.2) is 29.6 Å². The van der Waals surface area contributed by atoms with Gasteiger partial charge in [-0.05, 0) is 49.3 Å². The normalized spacial score (nSPS) is 16.4. The van der Waals surface area contributed by atoms with E-state index in [1.807, 2.05) is 12.1 Å². The van der Waals surface area contributed by atoms with Gasteiger partial charge in [-0.25, -0.2) is 0 Å². The van der Waals surface area contributed by atoms with Crippen molar-refractivity contribution in [1.29, 1.82) is 0 Å². The first kappa shape index (κ1) is 18.5. The minimum Gasteiger partial charge on any atom is -0.396 e. The zero-order valence-electron chi connectivity index (χ0n) is 14.4. The van der Waals surface area contributed by atoms with Crippen molar-refractivity contribution in [2.75, 3.05) is 11.9 Å². The molecule has 0 bridgehead atoms. The zero-order valence-corrected chi connectivity index (χ0v) is 14.4. The van der Waals surface area contributed by atoms with Crippen LogP contribution in [0.25, 0.3) is 0 Å². The first-order valence-electron chi connectivity index (χ1n) is 8.95. The molecular formula is C19H28N2O3. The molecule has 24 heavy (non-hydrogen) atoms. The number of nitrogens with one attached hydrogen (secondary N) is 2. The Morgan fingerprint density at radius 1 is 1.12 bits per heavy atom. The summed E-state index contributed by atoms with van der Waals surface area (Å²) in [6.45, 7) is 2.08. The van der Waals surface area contributed by atoms with Gasteiger partial charge >= 0.3 is 11.8 Å². The quantitative estimate of drug-likeness (QED) is 0.701. The first-order valence-corrected chi connectivity index (χ1v) is 8.95. The summed E-state index contributed by atoms with van der Waals surface area (Å²) >= 11 is 0. The molecule has 1 aliphatic rings. The van der Waals surface area contributed by atoms with E-state index in [1.54, 1.807) is 12.1 Å². The van der Waals surface area contributed by atoms with E-state index in [0.717, 1.165) is 32.1 Å². The molecule has 5 heteroatoms. The number of hydrogen-bond donors (Lipinski definition) is 3. The maximum Gasteiger partial charge on any atom is 0.313 e. The number of benzene rings is 1. The average Bonchev–Trinajstić information content (AvgIpc) is 2.62. The molecule has 1 atom stereocenters. The maximum atomic E-state index is 12.2. The number of amides is 2. The number of hydrogen-bond acceptors (Lipinski definition) is 3. The van der Waals surface area contributed by atoms with Gasteiger partial charge < -0.3 is 15.7 Å². The van der Waals surface area contributed by atoms with Crippen LogP contribution in [0.15, 0.2) is 24.3 Å². The van der Waals surface area contributed by atoms with Gasteiger partial charge in [0.1, 0.15) is 0 Å². The molecule has 2 amide bonds. The van der Waals surface area contributed by atoms with Crippen LogP contribution in [0.2, 0.25) is 0 Å². The number of aliphatic hydroxyl groups excluding tert-OH is 1. The van der Waals surface area contributed by atoms with E-state index in [1.165, 1.54) is 12.0 Å². The van der Waals surface area contributed by atoms with Crippen molar-refractivity contribution >= 4 is 17.5 Å². The maximum absolute atomic E-state index is 12.2. The Bertz CT molecular complexity index is 536. The molecule has 0 aromatic heterocycles. The molecule has 1 unspecified atom stereocenters. The number of rotatable bonds is 6. The summed E-state index contributed by atoms with van der Waals surface area (Å²) in [5.74, 6) is -0.928. The van der Waals surface area contributed by atoms with Gasteiger partial charge in [0.25, 0.3) is 0 Å². The molecule has 132 valence electrons. The lowest BCUT2D eigenvalue weighted by Crippen LogP contribution is -2.46. The molecule has 5 nitrogen and oxygen atoms in total. The Morgan fingerprint density at radius 3 is 2.38 bits per heavy atom. The third-order valence-corrected chi connectivity index (χ3v) is 4.80. The Hall–Kier alpha value is -1.88. The molecular weight excluding hydrogens is 304 g/mol. The molecule has 2 rings (SSSR count). The summed E-state index contributed by atoms with van der Waals surface area (Å²) in [4.78, 5) is 24.3. The van der Waals surface area contributed by atoms with Gasteiger partial charge in [-0.15, -0.1) is 0 Å². The van der Waals surface area contributed by atoms with Crippen LogP contribution in [0.1, 0.15) is 51.0 Å². The van der Waals surface area contributed by atoms with Crippen molar-refractivity contribution in [1.82, 2.24) is 5.32 Å². The Balaban J connectivity index is 1.91. The molecule has 3 N–H and O–H groups in total. The van der Waals surface area contributed by atoms with Crippen LogP contribution in [0.4, 0.5) is 5.69 Å². The first-order chi connectivity index (χ1) is 11.6. The predicted molar refractivity (Wildman–Crippen MR) is 94.7 cm³/mol. The van der Waals surface area contributed by atoms with Gasteiger partial charge in [0, 0.05) is 18.3 Å². The molecule has 0 aliphatic heterocycles. The molecule has 0 saturated heterocycles. The van der Waals surface area contributed by atoms with Crippen molar-refractivity contribution in [3.63, 3.8) is 0 Å². The highest BCUT2D eigenvalue weighted by Crippen LogP contribution is 2.27. The van der Waals surface area contributed by atoms with E-state index in [2.05, 4.69) is 17.6 Å². The summed E-state index contributed by atoms with van der Waals surface area (Å²) in [7, 11) is 0. The number of aliphatic hydroxyl groups is 1. The summed E-state index contributed by atoms with van der Waals surface area (Å²) < 4.78 is 0. The minimum absolute atomic E-state index is 0.0154. The highest BCUT2D eigenvalue weighted by atomic mass is 16.3. The van der Waals surface area contributed by atoms with Crippen molar-refractivity contribution in [2.45, 2.75) is 57.9 Å². The number of anilines is 1. The van der Waals surface area contributed by atoms with Crippen molar-refractivity contribution in [3.8, 4) is 0 Å². The Labute approximate surface area is 143 Å². The largest absolute Gasteiger partial charge is 0.396 e. The van der Waals surface area contributed by atoms with Crippen molar-refractivity contribution in [3.05, 3.63) is 29.8 Å². The molecule has 1 aromatic carbocycles. The SMILES string of the molecule is CCc1ccc(NC(=O)C(=O)NC(CCO)C2CCCCC2)cc1. The van der Waals surface area contributed by atoms with E-state index < -0.39 is 11.8 Å². The molecule has 1 fully saturated rings. The van der Waals surface area contributed by atoms with Gasteiger partial charge in [-0.1, -0.05) is 38.3 Å². The van der Waals surface area contributed by atoms with Crippen LogP contribution in [0.5, 0.6) is 0 Å². The number of aryl methyl sites for hydroxylation is 1. The van der Waals surface area contributed by atoms with E-state index in [-0.39, 0.29) is 12.6 Å². The van der Waals surface area contributed by atoms with E-state index in [0.29, 0.717) is 18.0 Å². The highest BCUT2D eigenvalue weighted by Gasteiger charge is 2.26. The lowest BCUT2D eigenvalue weighted by atomic mass is 9.82. The summed E-state index contributed by atoms with van der Waals surface area (Å²) in [6.07, 6.45) is 7.05. The topological polar surface area (TPSA) is 78.4 Å². The molecule has 1 aromatic rings. The van der Waals surface area contributed by atoms with Gasteiger partial charge in [0.05, 0.1) is 0 Å². The lowest BCUT2D eigenvalue weighted by molar-refractivity contribution is -0.137. The van der Waals surface area contributed by atoms with Crippen LogP contribution in [-0.2, 0) is 16.0 Å². The summed E-state index contributed by atoms with van der Waals surface area (Å²) in [6, 6.07) is 7.34. The molecule has 0 radical (unpaired) electrons. The minimum atomic E-state index is -0.655. The zero-order chi connectivity index (χ0) is 17.4. The Morgan fingerprint density at radius 2 is 1.79 bits per heavy atom. The fourth-order valence-electron chi connectivity index (χ4n) is 3.35. The molecule has 0 spiro atoms. The predicted octanol–water partition coefficient (Wildman–Crippen LogP) is 2.64. The third kappa shape index (κ3) is 5.34. The number of carbonyl (C=O) groups excluding carboxylic acids is 2. The second-order valence-electron chi connectivity index (χ2n) is 6.49. The Kier molecular flexibility index (Phi) is 7.25. The lowest BCUT2D eigenvalue weighted by Gasteiger charge is -2.30. The fourth-order valence-corrected chi connectivity index (χ4v) is 3.35. The third-order valence-electron chi connectivity index (χ3n) is 4.80. The number of carbonyl (C=O) groups is 2. The van der Waals surface area contributed by atoms with Crippen LogP contribution in [0, 0.1) is 5.92 Å². The van der Waals surface area contributed by atoms with Crippen LogP contribution >= 0.6 is 0 Å². The fraction of sp³-hybridized carbons (Fsp3) is 0.579. The van der Waals surface area contributed by atoms with E-state index >= 15 is 0 Å². The standard InChI is InChI=1S/C19H28N2O3/c1-2-14-8-10-16(11-9-14)20-18(23)19(24)21-17(12-13-22)15-6-4-3-5-7-15/h8-11,15,17,22H,2-7,12-13H2,1H3,(H,20,23)(H,21,24). The molecule has 0 heterocycles. The van der Waals surface area contributed by atoms with Gasteiger partial charge in [-0.2, -0.15) is 0 Å². The van der Waals surface area contributed by atoms with Crippen molar-refractivity contribution in [2.24, 2.45) is 5.92 Å². The van der Waals surface area contributed by atoms with E-state index in [9.17, 15) is 14.7 Å². The summed E-state index contributed by atoms with van der Waals surface area (Å²) in [5.41, 5.74) is 1.79. The van der Waals surface area contributed by atoms with Crippen LogP contribution in [0.3, 0.4) is 0 Å².